The summed E-state index contributed by atoms with van der Waals surface area (Å²) < 4.78 is 0. The van der Waals surface area contributed by atoms with Crippen molar-refractivity contribution in [2.75, 3.05) is 6.54 Å². The van der Waals surface area contributed by atoms with Gasteiger partial charge in [-0.25, -0.2) is 9.97 Å². The lowest BCUT2D eigenvalue weighted by atomic mass is 10.2. The van der Waals surface area contributed by atoms with E-state index in [1.165, 1.54) is 0 Å². The zero-order chi connectivity index (χ0) is 9.68. The molecule has 0 spiro atoms. The van der Waals surface area contributed by atoms with E-state index in [2.05, 4.69) is 36.1 Å². The summed E-state index contributed by atoms with van der Waals surface area (Å²) in [5, 5.41) is 3.24. The van der Waals surface area contributed by atoms with Gasteiger partial charge in [-0.15, -0.1) is 24.8 Å². The molecular weight excluding hydrogens is 233 g/mol. The summed E-state index contributed by atoms with van der Waals surface area (Å²) in [5.74, 6) is 1.33. The predicted octanol–water partition coefficient (Wildman–Crippen LogP) is 2.55. The first-order chi connectivity index (χ1) is 6.24. The quantitative estimate of drug-likeness (QED) is 0.894. The molecule has 0 aliphatic heterocycles. The minimum Gasteiger partial charge on any atom is -0.311 e. The molecule has 5 heteroatoms. The monoisotopic (exact) mass is 251 g/mol. The van der Waals surface area contributed by atoms with Crippen LogP contribution in [0, 0.1) is 0 Å². The Morgan fingerprint density at radius 1 is 1.33 bits per heavy atom. The standard InChI is InChI=1S/C10H17N3.2ClH/c1-4-11-7-9-5-6-12-10(13-9)8(2)3;;/h5-6,8,11H,4,7H2,1-3H3;2*1H. The fraction of sp³-hybridized carbons (Fsp3) is 0.600. The summed E-state index contributed by atoms with van der Waals surface area (Å²) in [4.78, 5) is 8.64. The van der Waals surface area contributed by atoms with E-state index in [0.717, 1.165) is 24.6 Å². The van der Waals surface area contributed by atoms with Gasteiger partial charge in [0, 0.05) is 18.7 Å². The molecule has 0 radical (unpaired) electrons. The molecular formula is C10H19Cl2N3. The van der Waals surface area contributed by atoms with Crippen molar-refractivity contribution >= 4 is 24.8 Å². The topological polar surface area (TPSA) is 37.8 Å². The summed E-state index contributed by atoms with van der Waals surface area (Å²) in [6, 6.07) is 1.95. The van der Waals surface area contributed by atoms with Gasteiger partial charge in [0.05, 0.1) is 5.69 Å². The van der Waals surface area contributed by atoms with Gasteiger partial charge in [-0.3, -0.25) is 0 Å². The van der Waals surface area contributed by atoms with Crippen LogP contribution in [-0.2, 0) is 6.54 Å². The molecule has 1 N–H and O–H groups in total. The van der Waals surface area contributed by atoms with Crippen LogP contribution < -0.4 is 5.32 Å². The third-order valence-electron chi connectivity index (χ3n) is 1.80. The number of aromatic nitrogens is 2. The van der Waals surface area contributed by atoms with Gasteiger partial charge in [0.1, 0.15) is 5.82 Å². The molecule has 0 aliphatic rings. The minimum atomic E-state index is 0. The summed E-state index contributed by atoms with van der Waals surface area (Å²) in [5.41, 5.74) is 1.07. The zero-order valence-corrected chi connectivity index (χ0v) is 11.0. The van der Waals surface area contributed by atoms with Crippen molar-refractivity contribution in [2.24, 2.45) is 0 Å². The van der Waals surface area contributed by atoms with Gasteiger partial charge in [0.2, 0.25) is 0 Å². The third-order valence-corrected chi connectivity index (χ3v) is 1.80. The lowest BCUT2D eigenvalue weighted by Crippen LogP contribution is -2.14. The summed E-state index contributed by atoms with van der Waals surface area (Å²) >= 11 is 0. The van der Waals surface area contributed by atoms with Crippen molar-refractivity contribution < 1.29 is 0 Å². The van der Waals surface area contributed by atoms with Gasteiger partial charge in [0.25, 0.3) is 0 Å². The SMILES string of the molecule is CCNCc1ccnc(C(C)C)n1.Cl.Cl. The van der Waals surface area contributed by atoms with E-state index in [4.69, 9.17) is 0 Å². The molecule has 1 aromatic heterocycles. The number of hydrogen-bond donors (Lipinski definition) is 1. The fourth-order valence-corrected chi connectivity index (χ4v) is 1.04. The largest absolute Gasteiger partial charge is 0.311 e. The molecule has 1 rings (SSSR count). The molecule has 0 bridgehead atoms. The highest BCUT2D eigenvalue weighted by atomic mass is 35.5. The van der Waals surface area contributed by atoms with Crippen LogP contribution in [-0.4, -0.2) is 16.5 Å². The normalized spacial score (nSPS) is 9.33. The van der Waals surface area contributed by atoms with E-state index in [9.17, 15) is 0 Å². The van der Waals surface area contributed by atoms with Gasteiger partial charge in [-0.05, 0) is 12.6 Å². The van der Waals surface area contributed by atoms with Gasteiger partial charge < -0.3 is 5.32 Å². The van der Waals surface area contributed by atoms with E-state index in [1.54, 1.807) is 0 Å². The van der Waals surface area contributed by atoms with Gasteiger partial charge in [-0.1, -0.05) is 20.8 Å². The third kappa shape index (κ3) is 5.92. The first-order valence-corrected chi connectivity index (χ1v) is 4.76. The molecule has 0 aromatic carbocycles. The summed E-state index contributed by atoms with van der Waals surface area (Å²) in [6.07, 6.45) is 1.83. The second kappa shape index (κ2) is 8.89. The van der Waals surface area contributed by atoms with Crippen LogP contribution in [0.15, 0.2) is 12.3 Å². The van der Waals surface area contributed by atoms with E-state index < -0.39 is 0 Å². The number of nitrogens with one attached hydrogen (secondary N) is 1. The Morgan fingerprint density at radius 2 is 2.00 bits per heavy atom. The fourth-order valence-electron chi connectivity index (χ4n) is 1.04. The lowest BCUT2D eigenvalue weighted by Gasteiger charge is -2.05. The van der Waals surface area contributed by atoms with Gasteiger partial charge >= 0.3 is 0 Å². The van der Waals surface area contributed by atoms with Crippen LogP contribution in [0.5, 0.6) is 0 Å². The average Bonchev–Trinajstić information content (AvgIpc) is 2.15. The van der Waals surface area contributed by atoms with Crippen molar-refractivity contribution in [3.63, 3.8) is 0 Å². The molecule has 0 saturated carbocycles. The van der Waals surface area contributed by atoms with Crippen LogP contribution >= 0.6 is 24.8 Å². The summed E-state index contributed by atoms with van der Waals surface area (Å²) in [6.45, 7) is 8.10. The first kappa shape index (κ1) is 17.0. The predicted molar refractivity (Wildman–Crippen MR) is 68.0 cm³/mol. The molecule has 0 amide bonds. The zero-order valence-electron chi connectivity index (χ0n) is 9.36. The molecule has 0 atom stereocenters. The van der Waals surface area contributed by atoms with Crippen molar-refractivity contribution in [2.45, 2.75) is 33.2 Å². The average molecular weight is 252 g/mol. The van der Waals surface area contributed by atoms with E-state index in [-0.39, 0.29) is 24.8 Å². The van der Waals surface area contributed by atoms with Crippen LogP contribution in [0.4, 0.5) is 0 Å². The van der Waals surface area contributed by atoms with Crippen molar-refractivity contribution in [3.8, 4) is 0 Å². The van der Waals surface area contributed by atoms with Crippen molar-refractivity contribution in [3.05, 3.63) is 23.8 Å². The van der Waals surface area contributed by atoms with E-state index in [0.29, 0.717) is 5.92 Å². The van der Waals surface area contributed by atoms with Gasteiger partial charge in [-0.2, -0.15) is 0 Å². The molecule has 1 aromatic rings. The molecule has 1 heterocycles. The molecule has 0 saturated heterocycles. The van der Waals surface area contributed by atoms with Crippen LogP contribution in [0.2, 0.25) is 0 Å². The molecule has 0 fully saturated rings. The lowest BCUT2D eigenvalue weighted by molar-refractivity contribution is 0.687. The molecule has 0 unspecified atom stereocenters. The van der Waals surface area contributed by atoms with Crippen LogP contribution in [0.1, 0.15) is 38.2 Å². The molecule has 88 valence electrons. The number of nitrogens with zero attached hydrogens (tertiary/aromatic N) is 2. The molecule has 15 heavy (non-hydrogen) atoms. The highest BCUT2D eigenvalue weighted by Crippen LogP contribution is 2.07. The highest BCUT2D eigenvalue weighted by Gasteiger charge is 2.02. The van der Waals surface area contributed by atoms with Crippen LogP contribution in [0.25, 0.3) is 0 Å². The molecule has 3 nitrogen and oxygen atoms in total. The van der Waals surface area contributed by atoms with Crippen LogP contribution in [0.3, 0.4) is 0 Å². The number of rotatable bonds is 4. The van der Waals surface area contributed by atoms with Crippen molar-refractivity contribution in [1.29, 1.82) is 0 Å². The van der Waals surface area contributed by atoms with Crippen molar-refractivity contribution in [1.82, 2.24) is 15.3 Å². The Bertz CT molecular complexity index is 267. The summed E-state index contributed by atoms with van der Waals surface area (Å²) in [7, 11) is 0. The minimum absolute atomic E-state index is 0. The smallest absolute Gasteiger partial charge is 0.131 e. The second-order valence-electron chi connectivity index (χ2n) is 3.34. The van der Waals surface area contributed by atoms with Gasteiger partial charge in [0.15, 0.2) is 0 Å². The Balaban J connectivity index is 0. The number of hydrogen-bond acceptors (Lipinski definition) is 3. The Labute approximate surface area is 104 Å². The van der Waals surface area contributed by atoms with E-state index >= 15 is 0 Å². The maximum Gasteiger partial charge on any atom is 0.131 e. The Kier molecular flexibility index (Phi) is 10.1. The Hall–Kier alpha value is -0.380. The maximum absolute atomic E-state index is 4.44. The maximum atomic E-state index is 4.44. The van der Waals surface area contributed by atoms with E-state index in [1.807, 2.05) is 12.3 Å². The first-order valence-electron chi connectivity index (χ1n) is 4.76. The Morgan fingerprint density at radius 3 is 2.53 bits per heavy atom. The number of halogens is 2. The molecule has 0 aliphatic carbocycles. The second-order valence-corrected chi connectivity index (χ2v) is 3.34. The highest BCUT2D eigenvalue weighted by molar-refractivity contribution is 5.85.